The number of halogens is 1. The maximum atomic E-state index is 13.8. The van der Waals surface area contributed by atoms with Gasteiger partial charge in [-0.2, -0.15) is 5.26 Å². The van der Waals surface area contributed by atoms with Gasteiger partial charge in [-0.05, 0) is 35.7 Å². The summed E-state index contributed by atoms with van der Waals surface area (Å²) < 4.78 is 13.8. The summed E-state index contributed by atoms with van der Waals surface area (Å²) in [6.07, 6.45) is 0.394. The van der Waals surface area contributed by atoms with Gasteiger partial charge in [0.2, 0.25) is 0 Å². The van der Waals surface area contributed by atoms with Crippen LogP contribution in [0.25, 0.3) is 0 Å². The SMILES string of the molecule is N#Cc1ccc(NCC(O)CN2CCc3ccccc3C2)c(F)c1. The van der Waals surface area contributed by atoms with Crippen LogP contribution in [0.3, 0.4) is 0 Å². The molecule has 2 aromatic rings. The van der Waals surface area contributed by atoms with Crippen LogP contribution in [0.4, 0.5) is 10.1 Å². The second-order valence-corrected chi connectivity index (χ2v) is 6.09. The Labute approximate surface area is 141 Å². The summed E-state index contributed by atoms with van der Waals surface area (Å²) in [5.74, 6) is -0.479. The number of β-amino-alcohol motifs (C(OH)–C–C–N with tert-alkyl or cyclic N) is 1. The van der Waals surface area contributed by atoms with Crippen molar-refractivity contribution in [2.45, 2.75) is 19.1 Å². The highest BCUT2D eigenvalue weighted by Crippen LogP contribution is 2.19. The van der Waals surface area contributed by atoms with Crippen LogP contribution in [0.15, 0.2) is 42.5 Å². The summed E-state index contributed by atoms with van der Waals surface area (Å²) in [4.78, 5) is 2.21. The topological polar surface area (TPSA) is 59.3 Å². The van der Waals surface area contributed by atoms with Gasteiger partial charge in [-0.3, -0.25) is 4.90 Å². The number of nitriles is 1. The Bertz CT molecular complexity index is 757. The minimum Gasteiger partial charge on any atom is -0.390 e. The van der Waals surface area contributed by atoms with Gasteiger partial charge in [0.25, 0.3) is 0 Å². The quantitative estimate of drug-likeness (QED) is 0.887. The number of nitrogens with zero attached hydrogens (tertiary/aromatic N) is 2. The molecule has 4 nitrogen and oxygen atoms in total. The summed E-state index contributed by atoms with van der Waals surface area (Å²) in [5.41, 5.74) is 3.27. The van der Waals surface area contributed by atoms with Crippen molar-refractivity contribution >= 4 is 5.69 Å². The van der Waals surface area contributed by atoms with Crippen LogP contribution in [0.2, 0.25) is 0 Å². The molecule has 0 fully saturated rings. The molecule has 1 heterocycles. The molecule has 2 N–H and O–H groups in total. The molecule has 0 saturated carbocycles. The number of rotatable bonds is 5. The predicted molar refractivity (Wildman–Crippen MR) is 91.0 cm³/mol. The Balaban J connectivity index is 1.52. The fraction of sp³-hybridized carbons (Fsp3) is 0.316. The van der Waals surface area contributed by atoms with E-state index in [2.05, 4.69) is 28.4 Å². The average Bonchev–Trinajstić information content (AvgIpc) is 2.60. The molecule has 0 bridgehead atoms. The normalized spacial score (nSPS) is 15.4. The number of hydrogen-bond acceptors (Lipinski definition) is 4. The van der Waals surface area contributed by atoms with E-state index in [0.29, 0.717) is 12.2 Å². The Morgan fingerprint density at radius 2 is 2.04 bits per heavy atom. The Morgan fingerprint density at radius 1 is 1.25 bits per heavy atom. The van der Waals surface area contributed by atoms with Gasteiger partial charge in [-0.25, -0.2) is 4.39 Å². The smallest absolute Gasteiger partial charge is 0.147 e. The first-order valence-electron chi connectivity index (χ1n) is 8.06. The number of aliphatic hydroxyl groups excluding tert-OH is 1. The molecule has 0 spiro atoms. The fourth-order valence-corrected chi connectivity index (χ4v) is 3.03. The highest BCUT2D eigenvalue weighted by molar-refractivity contribution is 5.48. The summed E-state index contributed by atoms with van der Waals surface area (Å²) in [6, 6.07) is 14.5. The average molecular weight is 325 g/mol. The molecule has 2 aromatic carbocycles. The van der Waals surface area contributed by atoms with E-state index < -0.39 is 11.9 Å². The highest BCUT2D eigenvalue weighted by atomic mass is 19.1. The van der Waals surface area contributed by atoms with Gasteiger partial charge in [0, 0.05) is 26.2 Å². The summed E-state index contributed by atoms with van der Waals surface area (Å²) in [7, 11) is 0. The Hall–Kier alpha value is -2.42. The monoisotopic (exact) mass is 325 g/mol. The third-order valence-corrected chi connectivity index (χ3v) is 4.30. The summed E-state index contributed by atoms with van der Waals surface area (Å²) in [5, 5.41) is 21.9. The molecule has 3 rings (SSSR count). The lowest BCUT2D eigenvalue weighted by Crippen LogP contribution is -2.39. The van der Waals surface area contributed by atoms with Gasteiger partial charge in [-0.1, -0.05) is 24.3 Å². The molecular weight excluding hydrogens is 305 g/mol. The van der Waals surface area contributed by atoms with Gasteiger partial charge in [-0.15, -0.1) is 0 Å². The van der Waals surface area contributed by atoms with Gasteiger partial charge in [0.15, 0.2) is 0 Å². The first-order chi connectivity index (χ1) is 11.7. The Morgan fingerprint density at radius 3 is 2.79 bits per heavy atom. The van der Waals surface area contributed by atoms with Crippen molar-refractivity contribution in [2.75, 3.05) is 25.0 Å². The lowest BCUT2D eigenvalue weighted by molar-refractivity contribution is 0.114. The fourth-order valence-electron chi connectivity index (χ4n) is 3.03. The first-order valence-corrected chi connectivity index (χ1v) is 8.06. The van der Waals surface area contributed by atoms with Crippen molar-refractivity contribution in [3.8, 4) is 6.07 Å². The molecule has 0 radical (unpaired) electrons. The zero-order valence-corrected chi connectivity index (χ0v) is 13.4. The van der Waals surface area contributed by atoms with Gasteiger partial charge in [0.05, 0.1) is 23.4 Å². The second-order valence-electron chi connectivity index (χ2n) is 6.09. The molecule has 0 amide bonds. The molecule has 1 atom stereocenters. The zero-order chi connectivity index (χ0) is 16.9. The molecule has 0 aliphatic carbocycles. The number of fused-ring (bicyclic) bond motifs is 1. The van der Waals surface area contributed by atoms with Gasteiger partial charge >= 0.3 is 0 Å². The van der Waals surface area contributed by atoms with Crippen LogP contribution in [-0.4, -0.2) is 35.7 Å². The maximum Gasteiger partial charge on any atom is 0.147 e. The van der Waals surface area contributed by atoms with Crippen molar-refractivity contribution in [3.05, 3.63) is 65.0 Å². The van der Waals surface area contributed by atoms with E-state index in [1.54, 1.807) is 6.07 Å². The van der Waals surface area contributed by atoms with E-state index in [9.17, 15) is 9.50 Å². The number of anilines is 1. The number of aliphatic hydroxyl groups is 1. The van der Waals surface area contributed by atoms with Crippen molar-refractivity contribution < 1.29 is 9.50 Å². The zero-order valence-electron chi connectivity index (χ0n) is 13.4. The molecule has 0 saturated heterocycles. The largest absolute Gasteiger partial charge is 0.390 e. The first kappa shape index (κ1) is 16.4. The standard InChI is InChI=1S/C19H20FN3O/c20-18-9-14(10-21)5-6-19(18)22-11-17(24)13-23-8-7-15-3-1-2-4-16(15)12-23/h1-6,9,17,22,24H,7-8,11-13H2. The van der Waals surface area contributed by atoms with E-state index in [0.717, 1.165) is 19.5 Å². The predicted octanol–water partition coefficient (Wildman–Crippen LogP) is 2.53. The van der Waals surface area contributed by atoms with E-state index in [1.165, 1.54) is 23.3 Å². The second kappa shape index (κ2) is 7.43. The molecule has 1 aliphatic heterocycles. The van der Waals surface area contributed by atoms with Crippen LogP contribution in [0.5, 0.6) is 0 Å². The van der Waals surface area contributed by atoms with E-state index >= 15 is 0 Å². The third kappa shape index (κ3) is 3.91. The molecular formula is C19H20FN3O. The minimum absolute atomic E-state index is 0.265. The number of hydrogen-bond donors (Lipinski definition) is 2. The summed E-state index contributed by atoms with van der Waals surface area (Å²) >= 11 is 0. The Kier molecular flexibility index (Phi) is 5.09. The van der Waals surface area contributed by atoms with Gasteiger partial charge in [0.1, 0.15) is 5.82 Å². The van der Waals surface area contributed by atoms with Gasteiger partial charge < -0.3 is 10.4 Å². The molecule has 124 valence electrons. The third-order valence-electron chi connectivity index (χ3n) is 4.30. The maximum absolute atomic E-state index is 13.8. The van der Waals surface area contributed by atoms with Crippen molar-refractivity contribution in [2.24, 2.45) is 0 Å². The van der Waals surface area contributed by atoms with Crippen LogP contribution < -0.4 is 5.32 Å². The molecule has 24 heavy (non-hydrogen) atoms. The van der Waals surface area contributed by atoms with Crippen LogP contribution in [0, 0.1) is 17.1 Å². The number of benzene rings is 2. The molecule has 1 unspecified atom stereocenters. The molecule has 1 aliphatic rings. The van der Waals surface area contributed by atoms with E-state index in [-0.39, 0.29) is 12.1 Å². The lowest BCUT2D eigenvalue weighted by atomic mass is 10.00. The summed E-state index contributed by atoms with van der Waals surface area (Å²) in [6.45, 7) is 2.55. The molecule has 5 heteroatoms. The highest BCUT2D eigenvalue weighted by Gasteiger charge is 2.18. The van der Waals surface area contributed by atoms with Crippen molar-refractivity contribution in [3.63, 3.8) is 0 Å². The van der Waals surface area contributed by atoms with E-state index in [4.69, 9.17) is 5.26 Å². The van der Waals surface area contributed by atoms with Crippen molar-refractivity contribution in [1.82, 2.24) is 4.90 Å². The van der Waals surface area contributed by atoms with E-state index in [1.807, 2.05) is 12.1 Å². The lowest BCUT2D eigenvalue weighted by Gasteiger charge is -2.30. The molecule has 0 aromatic heterocycles. The van der Waals surface area contributed by atoms with Crippen LogP contribution >= 0.6 is 0 Å². The van der Waals surface area contributed by atoms with Crippen LogP contribution in [-0.2, 0) is 13.0 Å². The number of nitrogens with one attached hydrogen (secondary N) is 1. The van der Waals surface area contributed by atoms with Crippen LogP contribution in [0.1, 0.15) is 16.7 Å². The minimum atomic E-state index is -0.592. The van der Waals surface area contributed by atoms with Crippen molar-refractivity contribution in [1.29, 1.82) is 5.26 Å².